The lowest BCUT2D eigenvalue weighted by Crippen LogP contribution is -2.62. The van der Waals surface area contributed by atoms with Crippen LogP contribution in [0.2, 0.25) is 0 Å². The number of aryl methyl sites for hydroxylation is 1. The van der Waals surface area contributed by atoms with Crippen LogP contribution in [0.15, 0.2) is 95.4 Å². The third-order valence-corrected chi connectivity index (χ3v) is 18.9. The molecule has 0 radical (unpaired) electrons. The fourth-order valence-electron chi connectivity index (χ4n) is 14.0. The molecule has 0 saturated carbocycles. The van der Waals surface area contributed by atoms with E-state index in [1.54, 1.807) is 0 Å². The van der Waals surface area contributed by atoms with Crippen molar-refractivity contribution in [3.05, 3.63) is 136 Å². The van der Waals surface area contributed by atoms with E-state index in [0.717, 1.165) is 17.6 Å². The molecule has 0 N–H and O–H groups in total. The number of furan rings is 1. The van der Waals surface area contributed by atoms with E-state index in [-0.39, 0.29) is 44.8 Å². The highest BCUT2D eigenvalue weighted by molar-refractivity contribution is 6.94. The summed E-state index contributed by atoms with van der Waals surface area (Å²) in [5.74, 6) is 0. The van der Waals surface area contributed by atoms with Crippen LogP contribution >= 0.6 is 0 Å². The Morgan fingerprint density at radius 1 is 0.493 bits per heavy atom. The molecule has 69 heavy (non-hydrogen) atoms. The minimum absolute atomic E-state index is 0.0414. The first-order valence-electron chi connectivity index (χ1n) is 26.4. The van der Waals surface area contributed by atoms with Crippen molar-refractivity contribution in [3.8, 4) is 11.1 Å². The van der Waals surface area contributed by atoms with E-state index in [0.29, 0.717) is 0 Å². The van der Waals surface area contributed by atoms with Crippen molar-refractivity contribution in [3.63, 3.8) is 0 Å². The predicted octanol–water partition coefficient (Wildman–Crippen LogP) is 16.9. The maximum atomic E-state index is 6.89. The van der Waals surface area contributed by atoms with Crippen molar-refractivity contribution < 1.29 is 4.42 Å². The first-order valence-corrected chi connectivity index (χ1v) is 26.4. The van der Waals surface area contributed by atoms with Crippen LogP contribution in [0.5, 0.6) is 0 Å². The quantitative estimate of drug-likeness (QED) is 0.161. The zero-order chi connectivity index (χ0) is 48.9. The topological polar surface area (TPSA) is 19.6 Å². The summed E-state index contributed by atoms with van der Waals surface area (Å²) in [5, 5.41) is 2.36. The van der Waals surface area contributed by atoms with Crippen molar-refractivity contribution in [2.24, 2.45) is 0 Å². The van der Waals surface area contributed by atoms with Gasteiger partial charge in [-0.15, -0.1) is 0 Å². The summed E-state index contributed by atoms with van der Waals surface area (Å²) in [7, 11) is 0. The summed E-state index contributed by atoms with van der Waals surface area (Å²) in [6.07, 6.45) is 7.07. The second-order valence-electron chi connectivity index (χ2n) is 27.4. The van der Waals surface area contributed by atoms with Crippen LogP contribution in [0.25, 0.3) is 33.1 Å². The molecular formula is C65H75BN2O. The van der Waals surface area contributed by atoms with Gasteiger partial charge in [0.05, 0.1) is 11.1 Å². The summed E-state index contributed by atoms with van der Waals surface area (Å²) in [6, 6.07) is 36.8. The van der Waals surface area contributed by atoms with Gasteiger partial charge < -0.3 is 14.1 Å². The molecule has 0 atom stereocenters. The Labute approximate surface area is 414 Å². The van der Waals surface area contributed by atoms with E-state index in [1.807, 2.05) is 0 Å². The Morgan fingerprint density at radius 2 is 1.03 bits per heavy atom. The zero-order valence-corrected chi connectivity index (χ0v) is 44.8. The molecule has 12 rings (SSSR count). The van der Waals surface area contributed by atoms with Gasteiger partial charge in [-0.2, -0.15) is 0 Å². The highest BCUT2D eigenvalue weighted by Gasteiger charge is 2.50. The monoisotopic (exact) mass is 911 g/mol. The smallest absolute Gasteiger partial charge is 0.333 e. The summed E-state index contributed by atoms with van der Waals surface area (Å²) >= 11 is 0. The van der Waals surface area contributed by atoms with Gasteiger partial charge in [-0.3, -0.25) is 0 Å². The van der Waals surface area contributed by atoms with Crippen molar-refractivity contribution in [1.29, 1.82) is 0 Å². The van der Waals surface area contributed by atoms with E-state index >= 15 is 0 Å². The van der Waals surface area contributed by atoms with Gasteiger partial charge in [-0.1, -0.05) is 146 Å². The lowest BCUT2D eigenvalue weighted by atomic mass is 9.42. The van der Waals surface area contributed by atoms with Crippen LogP contribution in [0.1, 0.15) is 187 Å². The molecule has 0 amide bonds. The number of fused-ring (bicyclic) bond motifs is 11. The van der Waals surface area contributed by atoms with E-state index in [2.05, 4.69) is 211 Å². The third kappa shape index (κ3) is 6.37. The SMILES string of the molecule is Cc1cc2c(cc1N1c3cc(C(C)(C)C)cc4c3B(c3ccc5oc6ccccc6c5c31)N(c1ccc3c(c1)C(C)(C)CCC3(C)C)c1cc3c(cc1-4)C(C)(C)CCC3(C)C)C(C)(C)CCC2(C)C. The molecule has 6 aromatic carbocycles. The van der Waals surface area contributed by atoms with Crippen molar-refractivity contribution >= 4 is 68.1 Å². The Morgan fingerprint density at radius 3 is 1.64 bits per heavy atom. The Kier molecular flexibility index (Phi) is 9.13. The number of anilines is 5. The lowest BCUT2D eigenvalue weighted by Gasteiger charge is -2.49. The van der Waals surface area contributed by atoms with Gasteiger partial charge in [0.25, 0.3) is 0 Å². The Balaban J connectivity index is 1.27. The Hall–Kier alpha value is -5.22. The zero-order valence-electron chi connectivity index (χ0n) is 44.8. The number of hydrogen-bond acceptors (Lipinski definition) is 3. The first-order chi connectivity index (χ1) is 32.2. The Bertz CT molecular complexity index is 3360. The predicted molar refractivity (Wildman–Crippen MR) is 297 cm³/mol. The molecule has 354 valence electrons. The maximum Gasteiger partial charge on any atom is 0.333 e. The van der Waals surface area contributed by atoms with Gasteiger partial charge in [0.15, 0.2) is 0 Å². The molecule has 1 aromatic heterocycles. The molecule has 4 heteroatoms. The molecular weight excluding hydrogens is 836 g/mol. The summed E-state index contributed by atoms with van der Waals surface area (Å²) in [6.45, 7) is 39.2. The fraction of sp³-hybridized carbons (Fsp3) is 0.446. The number of hydrogen-bond donors (Lipinski definition) is 0. The molecule has 3 heterocycles. The largest absolute Gasteiger partial charge is 0.456 e. The van der Waals surface area contributed by atoms with E-state index in [9.17, 15) is 0 Å². The van der Waals surface area contributed by atoms with Gasteiger partial charge in [0, 0.05) is 33.7 Å². The van der Waals surface area contributed by atoms with E-state index < -0.39 is 0 Å². The lowest BCUT2D eigenvalue weighted by molar-refractivity contribution is 0.332. The average molecular weight is 911 g/mol. The molecule has 0 bridgehead atoms. The number of nitrogens with zero attached hydrogens (tertiary/aromatic N) is 2. The highest BCUT2D eigenvalue weighted by atomic mass is 16.3. The number of benzene rings is 6. The average Bonchev–Trinajstić information content (AvgIpc) is 3.67. The molecule has 0 unspecified atom stereocenters. The standard InChI is InChI=1S/C65H75BN2O/c1-38-31-45-48(64(13,14)29-27-61(45,7)8)36-51(38)67-53-33-39(59(2,3)4)32-43-42-35-47-49(65(15,16)30-28-63(47,11)12)37-52(42)68(40-21-22-44-46(34-40)62(9,10)26-25-60(44,5)6)66(57(43)53)50-23-24-55-56(58(50)67)41-19-17-18-20-54(41)69-55/h17-24,31-37H,25-30H2,1-16H3. The van der Waals surface area contributed by atoms with Crippen LogP contribution < -0.4 is 20.6 Å². The van der Waals surface area contributed by atoms with Gasteiger partial charge in [-0.05, 0) is 193 Å². The maximum absolute atomic E-state index is 6.89. The second kappa shape index (κ2) is 14.0. The van der Waals surface area contributed by atoms with Crippen LogP contribution in [0.3, 0.4) is 0 Å². The van der Waals surface area contributed by atoms with Gasteiger partial charge in [-0.25, -0.2) is 0 Å². The molecule has 2 aliphatic heterocycles. The van der Waals surface area contributed by atoms with Crippen LogP contribution in [-0.4, -0.2) is 6.85 Å². The summed E-state index contributed by atoms with van der Waals surface area (Å²) < 4.78 is 6.89. The summed E-state index contributed by atoms with van der Waals surface area (Å²) in [4.78, 5) is 5.54. The van der Waals surface area contributed by atoms with Crippen molar-refractivity contribution in [2.75, 3.05) is 9.71 Å². The third-order valence-electron chi connectivity index (χ3n) is 18.9. The molecule has 5 aliphatic rings. The normalized spacial score (nSPS) is 20.7. The number of rotatable bonds is 2. The minimum atomic E-state index is -0.109. The molecule has 0 spiro atoms. The van der Waals surface area contributed by atoms with Gasteiger partial charge >= 0.3 is 6.85 Å². The minimum Gasteiger partial charge on any atom is -0.456 e. The van der Waals surface area contributed by atoms with Gasteiger partial charge in [0.1, 0.15) is 11.2 Å². The molecule has 7 aromatic rings. The van der Waals surface area contributed by atoms with Crippen LogP contribution in [0.4, 0.5) is 28.4 Å². The van der Waals surface area contributed by atoms with Gasteiger partial charge in [0.2, 0.25) is 0 Å². The fourth-order valence-corrected chi connectivity index (χ4v) is 14.0. The second-order valence-corrected chi connectivity index (χ2v) is 27.4. The van der Waals surface area contributed by atoms with E-state index in [4.69, 9.17) is 4.42 Å². The van der Waals surface area contributed by atoms with Crippen LogP contribution in [-0.2, 0) is 37.9 Å². The van der Waals surface area contributed by atoms with Crippen molar-refractivity contribution in [1.82, 2.24) is 0 Å². The molecule has 3 nitrogen and oxygen atoms in total. The van der Waals surface area contributed by atoms with E-state index in [1.165, 1.54) is 138 Å². The first kappa shape index (κ1) is 45.0. The molecule has 3 aliphatic carbocycles. The molecule has 0 fully saturated rings. The molecule has 0 saturated heterocycles. The summed E-state index contributed by atoms with van der Waals surface area (Å²) in [5.41, 5.74) is 25.7. The highest BCUT2D eigenvalue weighted by Crippen LogP contribution is 2.57. The number of para-hydroxylation sites is 1. The van der Waals surface area contributed by atoms with Crippen LogP contribution in [0, 0.1) is 6.92 Å². The van der Waals surface area contributed by atoms with Crippen molar-refractivity contribution in [2.45, 2.75) is 187 Å².